The molecule has 222 valence electrons. The molecule has 2 heterocycles. The Labute approximate surface area is 279 Å². The fraction of sp³-hybridized carbons (Fsp3) is 0. The monoisotopic (exact) mass is 626 g/mol. The summed E-state index contributed by atoms with van der Waals surface area (Å²) in [5.41, 5.74) is 6.65. The van der Waals surface area contributed by atoms with Gasteiger partial charge in [0.15, 0.2) is 0 Å². The van der Waals surface area contributed by atoms with Gasteiger partial charge < -0.3 is 4.42 Å². The minimum Gasteiger partial charge on any atom is -0.456 e. The molecule has 0 N–H and O–H groups in total. The van der Waals surface area contributed by atoms with Gasteiger partial charge in [-0.15, -0.1) is 11.3 Å². The standard InChI is InChI=1S/C46H26OS/c1-2-10-31-27(8-1)9-7-14-32(31)30-18-23-43-41(26-30)40-25-29(17-22-42(40)47-43)28-16-19-37-39(24-28)34-12-4-3-11-33(34)36-20-21-38-35-13-5-6-15-44(35)48-46(38)45(36)37/h1-26H. The van der Waals surface area contributed by atoms with Crippen molar-refractivity contribution in [3.63, 3.8) is 0 Å². The van der Waals surface area contributed by atoms with E-state index >= 15 is 0 Å². The summed E-state index contributed by atoms with van der Waals surface area (Å²) in [6, 6.07) is 57.7. The molecule has 0 aliphatic carbocycles. The molecule has 0 saturated carbocycles. The first-order valence-electron chi connectivity index (χ1n) is 16.4. The first-order valence-corrected chi connectivity index (χ1v) is 17.2. The van der Waals surface area contributed by atoms with Crippen molar-refractivity contribution in [3.8, 4) is 22.3 Å². The van der Waals surface area contributed by atoms with Crippen molar-refractivity contribution in [1.29, 1.82) is 0 Å². The van der Waals surface area contributed by atoms with E-state index in [1.807, 2.05) is 11.3 Å². The molecule has 0 fully saturated rings. The van der Waals surface area contributed by atoms with Crippen LogP contribution >= 0.6 is 11.3 Å². The fourth-order valence-electron chi connectivity index (χ4n) is 8.00. The van der Waals surface area contributed by atoms with Gasteiger partial charge in [0.25, 0.3) is 0 Å². The summed E-state index contributed by atoms with van der Waals surface area (Å²) in [4.78, 5) is 0. The Morgan fingerprint density at radius 2 is 0.917 bits per heavy atom. The Kier molecular flexibility index (Phi) is 5.32. The molecule has 2 aromatic heterocycles. The Balaban J connectivity index is 1.14. The molecule has 0 aliphatic heterocycles. The zero-order valence-corrected chi connectivity index (χ0v) is 26.6. The lowest BCUT2D eigenvalue weighted by molar-refractivity contribution is 0.669. The minimum absolute atomic E-state index is 0.910. The van der Waals surface area contributed by atoms with Crippen LogP contribution in [0.5, 0.6) is 0 Å². The molecule has 9 aromatic carbocycles. The van der Waals surface area contributed by atoms with E-state index in [1.165, 1.54) is 85.5 Å². The molecule has 1 nitrogen and oxygen atoms in total. The van der Waals surface area contributed by atoms with Crippen LogP contribution in [0.25, 0.3) is 107 Å². The third-order valence-corrected chi connectivity index (χ3v) is 11.5. The molecule has 48 heavy (non-hydrogen) atoms. The Hall–Kier alpha value is -5.96. The average Bonchev–Trinajstić information content (AvgIpc) is 3.72. The molecular formula is C46H26OS. The quantitative estimate of drug-likeness (QED) is 0.174. The zero-order chi connectivity index (χ0) is 31.3. The van der Waals surface area contributed by atoms with Gasteiger partial charge in [0.2, 0.25) is 0 Å². The summed E-state index contributed by atoms with van der Waals surface area (Å²) in [5.74, 6) is 0. The van der Waals surface area contributed by atoms with Crippen molar-refractivity contribution in [2.75, 3.05) is 0 Å². The number of hydrogen-bond donors (Lipinski definition) is 0. The van der Waals surface area contributed by atoms with Crippen molar-refractivity contribution >= 4 is 96.5 Å². The average molecular weight is 627 g/mol. The van der Waals surface area contributed by atoms with Crippen LogP contribution in [0.1, 0.15) is 0 Å². The highest BCUT2D eigenvalue weighted by molar-refractivity contribution is 7.26. The van der Waals surface area contributed by atoms with Crippen LogP contribution < -0.4 is 0 Å². The van der Waals surface area contributed by atoms with E-state index in [0.29, 0.717) is 0 Å². The lowest BCUT2D eigenvalue weighted by Gasteiger charge is -2.13. The molecule has 0 saturated heterocycles. The van der Waals surface area contributed by atoms with Crippen molar-refractivity contribution < 1.29 is 4.42 Å². The van der Waals surface area contributed by atoms with Gasteiger partial charge in [-0.25, -0.2) is 0 Å². The van der Waals surface area contributed by atoms with Gasteiger partial charge in [-0.1, -0.05) is 121 Å². The van der Waals surface area contributed by atoms with Crippen LogP contribution in [0.15, 0.2) is 162 Å². The van der Waals surface area contributed by atoms with Gasteiger partial charge in [0, 0.05) is 36.3 Å². The van der Waals surface area contributed by atoms with Gasteiger partial charge in [0.05, 0.1) is 0 Å². The van der Waals surface area contributed by atoms with Gasteiger partial charge in [0.1, 0.15) is 11.2 Å². The maximum atomic E-state index is 6.36. The summed E-state index contributed by atoms with van der Waals surface area (Å²) >= 11 is 1.91. The molecule has 0 spiro atoms. The van der Waals surface area contributed by atoms with Crippen molar-refractivity contribution in [3.05, 3.63) is 158 Å². The normalized spacial score (nSPS) is 12.2. The largest absolute Gasteiger partial charge is 0.456 e. The number of hydrogen-bond acceptors (Lipinski definition) is 2. The van der Waals surface area contributed by atoms with Crippen molar-refractivity contribution in [2.24, 2.45) is 0 Å². The smallest absolute Gasteiger partial charge is 0.135 e. The molecule has 11 aromatic rings. The number of benzene rings is 9. The minimum atomic E-state index is 0.910. The zero-order valence-electron chi connectivity index (χ0n) is 25.8. The van der Waals surface area contributed by atoms with Crippen LogP contribution in [0.4, 0.5) is 0 Å². The second kappa shape index (κ2) is 9.78. The summed E-state index contributed by atoms with van der Waals surface area (Å²) in [6.07, 6.45) is 0. The number of thiophene rings is 1. The predicted octanol–water partition coefficient (Wildman–Crippen LogP) is 13.9. The second-order valence-corrected chi connectivity index (χ2v) is 13.9. The van der Waals surface area contributed by atoms with Crippen LogP contribution in [-0.4, -0.2) is 0 Å². The topological polar surface area (TPSA) is 13.1 Å². The van der Waals surface area contributed by atoms with E-state index in [-0.39, 0.29) is 0 Å². The first-order chi connectivity index (χ1) is 23.8. The summed E-state index contributed by atoms with van der Waals surface area (Å²) < 4.78 is 9.07. The number of rotatable bonds is 2. The first kappa shape index (κ1) is 26.1. The van der Waals surface area contributed by atoms with Crippen LogP contribution in [-0.2, 0) is 0 Å². The molecule has 0 aliphatic rings. The third-order valence-electron chi connectivity index (χ3n) is 10.2. The summed E-state index contributed by atoms with van der Waals surface area (Å²) in [7, 11) is 0. The van der Waals surface area contributed by atoms with E-state index in [1.54, 1.807) is 0 Å². The maximum absolute atomic E-state index is 6.36. The highest BCUT2D eigenvalue weighted by Gasteiger charge is 2.16. The second-order valence-electron chi connectivity index (χ2n) is 12.8. The van der Waals surface area contributed by atoms with Crippen LogP contribution in [0.3, 0.4) is 0 Å². The van der Waals surface area contributed by atoms with Crippen LogP contribution in [0.2, 0.25) is 0 Å². The molecule has 2 heteroatoms. The Morgan fingerprint density at radius 1 is 0.354 bits per heavy atom. The van der Waals surface area contributed by atoms with Gasteiger partial charge in [-0.3, -0.25) is 0 Å². The van der Waals surface area contributed by atoms with Crippen molar-refractivity contribution in [1.82, 2.24) is 0 Å². The lowest BCUT2D eigenvalue weighted by Crippen LogP contribution is -1.85. The highest BCUT2D eigenvalue weighted by Crippen LogP contribution is 2.45. The van der Waals surface area contributed by atoms with E-state index < -0.39 is 0 Å². The summed E-state index contributed by atoms with van der Waals surface area (Å²) in [6.45, 7) is 0. The van der Waals surface area contributed by atoms with E-state index in [0.717, 1.165) is 21.9 Å². The maximum Gasteiger partial charge on any atom is 0.135 e. The number of fused-ring (bicyclic) bond motifs is 14. The molecule has 11 rings (SSSR count). The lowest BCUT2D eigenvalue weighted by atomic mass is 9.91. The molecular weight excluding hydrogens is 601 g/mol. The number of furan rings is 1. The molecule has 0 radical (unpaired) electrons. The summed E-state index contributed by atoms with van der Waals surface area (Å²) in [5, 5.41) is 15.3. The molecule has 0 amide bonds. The third kappa shape index (κ3) is 3.66. The Morgan fingerprint density at radius 3 is 1.75 bits per heavy atom. The van der Waals surface area contributed by atoms with Crippen LogP contribution in [0, 0.1) is 0 Å². The predicted molar refractivity (Wildman–Crippen MR) is 208 cm³/mol. The van der Waals surface area contributed by atoms with E-state index in [9.17, 15) is 0 Å². The molecule has 0 unspecified atom stereocenters. The van der Waals surface area contributed by atoms with Crippen molar-refractivity contribution in [2.45, 2.75) is 0 Å². The van der Waals surface area contributed by atoms with Gasteiger partial charge in [-0.05, 0) is 96.4 Å². The van der Waals surface area contributed by atoms with Gasteiger partial charge in [-0.2, -0.15) is 0 Å². The van der Waals surface area contributed by atoms with E-state index in [4.69, 9.17) is 4.42 Å². The fourth-order valence-corrected chi connectivity index (χ4v) is 9.26. The highest BCUT2D eigenvalue weighted by atomic mass is 32.1. The van der Waals surface area contributed by atoms with E-state index in [2.05, 4.69) is 158 Å². The molecule has 0 atom stereocenters. The molecule has 0 bridgehead atoms. The SMILES string of the molecule is c1ccc2c(-c3ccc4oc5ccc(-c6ccc7c(c6)c6ccccc6c6ccc8c9ccccc9sc8c67)cc5c4c3)cccc2c1. The Bertz CT molecular complexity index is 3120. The van der Waals surface area contributed by atoms with Gasteiger partial charge >= 0.3 is 0 Å².